The van der Waals surface area contributed by atoms with Crippen LogP contribution in [0.25, 0.3) is 0 Å². The van der Waals surface area contributed by atoms with Gasteiger partial charge in [0.05, 0.1) is 6.10 Å². The summed E-state index contributed by atoms with van der Waals surface area (Å²) in [6, 6.07) is 6.44. The van der Waals surface area contributed by atoms with Gasteiger partial charge in [-0.3, -0.25) is 4.90 Å². The number of aliphatic hydroxyl groups excluding tert-OH is 1. The second kappa shape index (κ2) is 6.02. The zero-order valence-electron chi connectivity index (χ0n) is 12.0. The van der Waals surface area contributed by atoms with Crippen LogP contribution in [0.3, 0.4) is 0 Å². The van der Waals surface area contributed by atoms with Crippen molar-refractivity contribution < 1.29 is 14.6 Å². The van der Waals surface area contributed by atoms with Crippen molar-refractivity contribution in [2.45, 2.75) is 44.9 Å². The lowest BCUT2D eigenvalue weighted by molar-refractivity contribution is 0.0316. The average molecular weight is 277 g/mol. The van der Waals surface area contributed by atoms with Crippen LogP contribution in [0.5, 0.6) is 11.5 Å². The third-order valence-corrected chi connectivity index (χ3v) is 4.21. The van der Waals surface area contributed by atoms with E-state index in [1.165, 1.54) is 18.4 Å². The minimum atomic E-state index is -0.271. The number of piperidine rings is 1. The van der Waals surface area contributed by atoms with E-state index >= 15 is 0 Å². The Morgan fingerprint density at radius 1 is 1.25 bits per heavy atom. The molecule has 4 nitrogen and oxygen atoms in total. The molecule has 20 heavy (non-hydrogen) atoms. The van der Waals surface area contributed by atoms with Crippen molar-refractivity contribution in [2.24, 2.45) is 0 Å². The van der Waals surface area contributed by atoms with Crippen LogP contribution in [-0.2, 0) is 6.54 Å². The topological polar surface area (TPSA) is 41.9 Å². The number of benzene rings is 1. The molecule has 2 aliphatic heterocycles. The standard InChI is InChI=1S/C16H23NO3/c1-12(18)14-4-2-3-7-17(14)11-13-5-6-15-16(10-13)20-9-8-19-15/h5-6,10,12,14,18H,2-4,7-9,11H2,1H3/t12-,14-/m0/s1. The summed E-state index contributed by atoms with van der Waals surface area (Å²) in [7, 11) is 0. The minimum absolute atomic E-state index is 0.271. The van der Waals surface area contributed by atoms with Crippen LogP contribution < -0.4 is 9.47 Å². The molecule has 1 aromatic carbocycles. The van der Waals surface area contributed by atoms with Gasteiger partial charge in [-0.25, -0.2) is 0 Å². The lowest BCUT2D eigenvalue weighted by Gasteiger charge is -2.37. The van der Waals surface area contributed by atoms with Gasteiger partial charge in [0, 0.05) is 12.6 Å². The number of hydrogen-bond donors (Lipinski definition) is 1. The fraction of sp³-hybridized carbons (Fsp3) is 0.625. The molecule has 1 saturated heterocycles. The van der Waals surface area contributed by atoms with Gasteiger partial charge in [-0.2, -0.15) is 0 Å². The molecular weight excluding hydrogens is 254 g/mol. The molecule has 1 fully saturated rings. The first-order chi connectivity index (χ1) is 9.74. The molecule has 0 bridgehead atoms. The van der Waals surface area contributed by atoms with Gasteiger partial charge in [-0.15, -0.1) is 0 Å². The molecule has 0 spiro atoms. The Balaban J connectivity index is 1.73. The maximum Gasteiger partial charge on any atom is 0.161 e. The van der Waals surface area contributed by atoms with Gasteiger partial charge in [-0.05, 0) is 44.0 Å². The van der Waals surface area contributed by atoms with E-state index in [0.717, 1.165) is 31.0 Å². The van der Waals surface area contributed by atoms with Crippen LogP contribution in [0.4, 0.5) is 0 Å². The monoisotopic (exact) mass is 277 g/mol. The van der Waals surface area contributed by atoms with Crippen LogP contribution in [0, 0.1) is 0 Å². The second-order valence-corrected chi connectivity index (χ2v) is 5.75. The third-order valence-electron chi connectivity index (χ3n) is 4.21. The van der Waals surface area contributed by atoms with Crippen molar-refractivity contribution >= 4 is 0 Å². The van der Waals surface area contributed by atoms with Crippen molar-refractivity contribution in [1.82, 2.24) is 4.90 Å². The summed E-state index contributed by atoms with van der Waals surface area (Å²) < 4.78 is 11.2. The molecule has 0 amide bonds. The zero-order valence-corrected chi connectivity index (χ0v) is 12.0. The van der Waals surface area contributed by atoms with E-state index in [4.69, 9.17) is 9.47 Å². The van der Waals surface area contributed by atoms with Gasteiger partial charge in [0.2, 0.25) is 0 Å². The lowest BCUT2D eigenvalue weighted by Crippen LogP contribution is -2.45. The average Bonchev–Trinajstić information content (AvgIpc) is 2.47. The number of ether oxygens (including phenoxy) is 2. The van der Waals surface area contributed by atoms with E-state index < -0.39 is 0 Å². The molecule has 1 N–H and O–H groups in total. The molecule has 110 valence electrons. The summed E-state index contributed by atoms with van der Waals surface area (Å²) in [5.74, 6) is 1.69. The molecule has 0 radical (unpaired) electrons. The van der Waals surface area contributed by atoms with Gasteiger partial charge in [0.25, 0.3) is 0 Å². The van der Waals surface area contributed by atoms with Crippen LogP contribution in [0.15, 0.2) is 18.2 Å². The maximum absolute atomic E-state index is 9.93. The van der Waals surface area contributed by atoms with Crippen molar-refractivity contribution in [2.75, 3.05) is 19.8 Å². The highest BCUT2D eigenvalue weighted by molar-refractivity contribution is 5.43. The summed E-state index contributed by atoms with van der Waals surface area (Å²) in [6.45, 7) is 5.07. The first-order valence-electron chi connectivity index (χ1n) is 7.54. The van der Waals surface area contributed by atoms with Crippen LogP contribution in [-0.4, -0.2) is 41.9 Å². The van der Waals surface area contributed by atoms with Crippen molar-refractivity contribution in [1.29, 1.82) is 0 Å². The first kappa shape index (κ1) is 13.7. The molecule has 0 aromatic heterocycles. The highest BCUT2D eigenvalue weighted by Crippen LogP contribution is 2.32. The quantitative estimate of drug-likeness (QED) is 0.919. The third kappa shape index (κ3) is 2.91. The smallest absolute Gasteiger partial charge is 0.161 e. The number of likely N-dealkylation sites (tertiary alicyclic amines) is 1. The molecule has 2 aliphatic rings. The summed E-state index contributed by atoms with van der Waals surface area (Å²) >= 11 is 0. The van der Waals surface area contributed by atoms with Gasteiger partial charge in [-0.1, -0.05) is 12.5 Å². The fourth-order valence-corrected chi connectivity index (χ4v) is 3.18. The molecule has 0 aliphatic carbocycles. The molecular formula is C16H23NO3. The normalized spacial score (nSPS) is 24.4. The van der Waals surface area contributed by atoms with E-state index in [0.29, 0.717) is 13.2 Å². The summed E-state index contributed by atoms with van der Waals surface area (Å²) in [6.07, 6.45) is 3.25. The second-order valence-electron chi connectivity index (χ2n) is 5.75. The Morgan fingerprint density at radius 2 is 2.05 bits per heavy atom. The molecule has 2 atom stereocenters. The van der Waals surface area contributed by atoms with E-state index in [1.54, 1.807) is 0 Å². The van der Waals surface area contributed by atoms with Gasteiger partial charge in [0.15, 0.2) is 11.5 Å². The Hall–Kier alpha value is -1.26. The lowest BCUT2D eigenvalue weighted by atomic mass is 9.97. The van der Waals surface area contributed by atoms with Crippen LogP contribution >= 0.6 is 0 Å². The van der Waals surface area contributed by atoms with Gasteiger partial charge in [0.1, 0.15) is 13.2 Å². The Bertz CT molecular complexity index is 461. The molecule has 0 saturated carbocycles. The molecule has 1 aromatic rings. The van der Waals surface area contributed by atoms with Crippen molar-refractivity contribution in [3.05, 3.63) is 23.8 Å². The molecule has 0 unspecified atom stereocenters. The molecule has 2 heterocycles. The first-order valence-corrected chi connectivity index (χ1v) is 7.54. The Morgan fingerprint density at radius 3 is 2.85 bits per heavy atom. The van der Waals surface area contributed by atoms with E-state index in [1.807, 2.05) is 13.0 Å². The van der Waals surface area contributed by atoms with Crippen LogP contribution in [0.2, 0.25) is 0 Å². The number of hydrogen-bond acceptors (Lipinski definition) is 4. The number of nitrogens with zero attached hydrogens (tertiary/aromatic N) is 1. The highest BCUT2D eigenvalue weighted by atomic mass is 16.6. The number of fused-ring (bicyclic) bond motifs is 1. The van der Waals surface area contributed by atoms with E-state index in [-0.39, 0.29) is 12.1 Å². The molecule has 4 heteroatoms. The number of aliphatic hydroxyl groups is 1. The molecule has 3 rings (SSSR count). The van der Waals surface area contributed by atoms with Crippen LogP contribution in [0.1, 0.15) is 31.7 Å². The largest absolute Gasteiger partial charge is 0.486 e. The highest BCUT2D eigenvalue weighted by Gasteiger charge is 2.26. The predicted octanol–water partition coefficient (Wildman–Crippen LogP) is 2.19. The zero-order chi connectivity index (χ0) is 13.9. The summed E-state index contributed by atoms with van der Waals surface area (Å²) in [5, 5.41) is 9.93. The summed E-state index contributed by atoms with van der Waals surface area (Å²) in [5.41, 5.74) is 1.22. The Kier molecular flexibility index (Phi) is 4.13. The number of rotatable bonds is 3. The van der Waals surface area contributed by atoms with Gasteiger partial charge < -0.3 is 14.6 Å². The van der Waals surface area contributed by atoms with Gasteiger partial charge >= 0.3 is 0 Å². The maximum atomic E-state index is 9.93. The van der Waals surface area contributed by atoms with Crippen molar-refractivity contribution in [3.63, 3.8) is 0 Å². The van der Waals surface area contributed by atoms with Crippen molar-refractivity contribution in [3.8, 4) is 11.5 Å². The Labute approximate surface area is 120 Å². The predicted molar refractivity (Wildman–Crippen MR) is 77.2 cm³/mol. The van der Waals surface area contributed by atoms with E-state index in [2.05, 4.69) is 17.0 Å². The minimum Gasteiger partial charge on any atom is -0.486 e. The SMILES string of the molecule is C[C@H](O)[C@@H]1CCCCN1Cc1ccc2c(c1)OCCO2. The summed E-state index contributed by atoms with van der Waals surface area (Å²) in [4.78, 5) is 2.39. The fourth-order valence-electron chi connectivity index (χ4n) is 3.18. The van der Waals surface area contributed by atoms with E-state index in [9.17, 15) is 5.11 Å².